The van der Waals surface area contributed by atoms with Gasteiger partial charge in [0, 0.05) is 25.9 Å². The van der Waals surface area contributed by atoms with Crippen LogP contribution in [0.2, 0.25) is 0 Å². The molecular weight excluding hydrogens is 228 g/mol. The third kappa shape index (κ3) is 6.10. The normalized spacial score (nSPS) is 12.6. The molecule has 4 heteroatoms. The van der Waals surface area contributed by atoms with Crippen LogP contribution >= 0.6 is 0 Å². The lowest BCUT2D eigenvalue weighted by atomic mass is 10.2. The molecule has 0 aliphatic carbocycles. The highest BCUT2D eigenvalue weighted by Gasteiger charge is 2.04. The summed E-state index contributed by atoms with van der Waals surface area (Å²) < 4.78 is 5.36. The lowest BCUT2D eigenvalue weighted by Crippen LogP contribution is -2.30. The molecule has 0 bridgehead atoms. The highest BCUT2D eigenvalue weighted by Crippen LogP contribution is 2.02. The molecule has 102 valence electrons. The van der Waals surface area contributed by atoms with Crippen molar-refractivity contribution in [2.75, 3.05) is 19.8 Å². The van der Waals surface area contributed by atoms with Gasteiger partial charge in [-0.15, -0.1) is 0 Å². The van der Waals surface area contributed by atoms with Crippen molar-refractivity contribution in [3.63, 3.8) is 0 Å². The van der Waals surface area contributed by atoms with Crippen LogP contribution in [0, 0.1) is 6.92 Å². The second-order valence-corrected chi connectivity index (χ2v) is 4.48. The summed E-state index contributed by atoms with van der Waals surface area (Å²) >= 11 is 0. The van der Waals surface area contributed by atoms with E-state index in [2.05, 4.69) is 17.2 Å². The molecule has 0 aliphatic rings. The molecule has 0 fully saturated rings. The van der Waals surface area contributed by atoms with E-state index >= 15 is 0 Å². The molecule has 0 saturated carbocycles. The molecule has 1 aromatic rings. The Bertz CT molecular complexity index is 331. The monoisotopic (exact) mass is 252 g/mol. The van der Waals surface area contributed by atoms with E-state index in [9.17, 15) is 5.11 Å². The van der Waals surface area contributed by atoms with Crippen LogP contribution in [-0.2, 0) is 11.3 Å². The number of ether oxygens (including phenoxy) is 1. The zero-order valence-corrected chi connectivity index (χ0v) is 11.4. The van der Waals surface area contributed by atoms with Gasteiger partial charge < -0.3 is 15.2 Å². The quantitative estimate of drug-likeness (QED) is 0.656. The van der Waals surface area contributed by atoms with Crippen LogP contribution in [-0.4, -0.2) is 36.0 Å². The van der Waals surface area contributed by atoms with Gasteiger partial charge >= 0.3 is 0 Å². The predicted octanol–water partition coefficient (Wildman–Crippen LogP) is 1.66. The summed E-state index contributed by atoms with van der Waals surface area (Å²) in [5.41, 5.74) is 2.19. The number of pyridine rings is 1. The van der Waals surface area contributed by atoms with Gasteiger partial charge in [0.15, 0.2) is 0 Å². The van der Waals surface area contributed by atoms with E-state index in [0.29, 0.717) is 19.7 Å². The summed E-state index contributed by atoms with van der Waals surface area (Å²) in [5.74, 6) is 0. The number of aliphatic hydroxyl groups is 1. The lowest BCUT2D eigenvalue weighted by molar-refractivity contribution is 0.0357. The maximum absolute atomic E-state index is 9.69. The highest BCUT2D eigenvalue weighted by atomic mass is 16.5. The second-order valence-electron chi connectivity index (χ2n) is 4.48. The van der Waals surface area contributed by atoms with Crippen LogP contribution in [0.5, 0.6) is 0 Å². The summed E-state index contributed by atoms with van der Waals surface area (Å²) in [4.78, 5) is 4.29. The molecule has 4 nitrogen and oxygen atoms in total. The second kappa shape index (κ2) is 9.03. The number of nitrogens with zero attached hydrogens (tertiary/aromatic N) is 1. The summed E-state index contributed by atoms with van der Waals surface area (Å²) in [7, 11) is 0. The van der Waals surface area contributed by atoms with Crippen LogP contribution in [0.15, 0.2) is 18.3 Å². The molecule has 1 rings (SSSR count). The molecule has 0 radical (unpaired) electrons. The standard InChI is InChI=1S/C14H24N2O2/c1-3-4-8-18-11-13(17)9-15-10-14-12(2)6-5-7-16-14/h5-7,13,15,17H,3-4,8-11H2,1-2H3. The fourth-order valence-electron chi connectivity index (χ4n) is 1.59. The van der Waals surface area contributed by atoms with E-state index in [1.807, 2.05) is 19.1 Å². The molecule has 0 spiro atoms. The molecule has 0 saturated heterocycles. The van der Waals surface area contributed by atoms with Crippen molar-refractivity contribution >= 4 is 0 Å². The Morgan fingerprint density at radius 3 is 3.06 bits per heavy atom. The van der Waals surface area contributed by atoms with Gasteiger partial charge in [0.05, 0.1) is 18.4 Å². The van der Waals surface area contributed by atoms with Gasteiger partial charge in [0.25, 0.3) is 0 Å². The van der Waals surface area contributed by atoms with Gasteiger partial charge in [-0.1, -0.05) is 19.4 Å². The predicted molar refractivity (Wildman–Crippen MR) is 72.4 cm³/mol. The number of aliphatic hydroxyl groups excluding tert-OH is 1. The van der Waals surface area contributed by atoms with Gasteiger partial charge in [-0.3, -0.25) is 4.98 Å². The summed E-state index contributed by atoms with van der Waals surface area (Å²) in [6, 6.07) is 3.96. The Hall–Kier alpha value is -0.970. The van der Waals surface area contributed by atoms with E-state index in [0.717, 1.165) is 25.1 Å². The van der Waals surface area contributed by atoms with Crippen LogP contribution in [0.25, 0.3) is 0 Å². The van der Waals surface area contributed by atoms with Crippen molar-refractivity contribution in [2.24, 2.45) is 0 Å². The topological polar surface area (TPSA) is 54.4 Å². The molecule has 18 heavy (non-hydrogen) atoms. The molecule has 1 heterocycles. The molecule has 0 aliphatic heterocycles. The number of aromatic nitrogens is 1. The maximum atomic E-state index is 9.69. The molecule has 1 unspecified atom stereocenters. The first kappa shape index (κ1) is 15.1. The summed E-state index contributed by atoms with van der Waals surface area (Å²) in [5, 5.41) is 12.9. The molecule has 2 N–H and O–H groups in total. The third-order valence-corrected chi connectivity index (χ3v) is 2.74. The van der Waals surface area contributed by atoms with Crippen molar-refractivity contribution < 1.29 is 9.84 Å². The van der Waals surface area contributed by atoms with Crippen molar-refractivity contribution in [1.29, 1.82) is 0 Å². The zero-order valence-electron chi connectivity index (χ0n) is 11.4. The minimum atomic E-state index is -0.453. The van der Waals surface area contributed by atoms with Crippen molar-refractivity contribution in [3.8, 4) is 0 Å². The van der Waals surface area contributed by atoms with Gasteiger partial charge in [-0.05, 0) is 25.0 Å². The van der Waals surface area contributed by atoms with Gasteiger partial charge in [0.1, 0.15) is 0 Å². The number of aryl methyl sites for hydroxylation is 1. The first-order valence-corrected chi connectivity index (χ1v) is 6.61. The van der Waals surface area contributed by atoms with Gasteiger partial charge in [0.2, 0.25) is 0 Å². The molecule has 0 amide bonds. The van der Waals surface area contributed by atoms with Crippen LogP contribution in [0.4, 0.5) is 0 Å². The number of rotatable bonds is 9. The number of hydrogen-bond donors (Lipinski definition) is 2. The Kier molecular flexibility index (Phi) is 7.57. The van der Waals surface area contributed by atoms with E-state index in [-0.39, 0.29) is 0 Å². The fourth-order valence-corrected chi connectivity index (χ4v) is 1.59. The number of nitrogens with one attached hydrogen (secondary N) is 1. The van der Waals surface area contributed by atoms with Crippen LogP contribution in [0.1, 0.15) is 31.0 Å². The first-order chi connectivity index (χ1) is 8.74. The van der Waals surface area contributed by atoms with E-state index in [4.69, 9.17) is 4.74 Å². The third-order valence-electron chi connectivity index (χ3n) is 2.74. The van der Waals surface area contributed by atoms with Crippen LogP contribution in [0.3, 0.4) is 0 Å². The Balaban J connectivity index is 2.12. The average molecular weight is 252 g/mol. The van der Waals surface area contributed by atoms with Gasteiger partial charge in [-0.25, -0.2) is 0 Å². The Morgan fingerprint density at radius 2 is 2.33 bits per heavy atom. The smallest absolute Gasteiger partial charge is 0.0897 e. The lowest BCUT2D eigenvalue weighted by Gasteiger charge is -2.12. The average Bonchev–Trinajstić information content (AvgIpc) is 2.37. The fraction of sp³-hybridized carbons (Fsp3) is 0.643. The zero-order chi connectivity index (χ0) is 13.2. The number of hydrogen-bond acceptors (Lipinski definition) is 4. The molecule has 1 atom stereocenters. The van der Waals surface area contributed by atoms with E-state index in [1.54, 1.807) is 6.20 Å². The summed E-state index contributed by atoms with van der Waals surface area (Å²) in [6.45, 7) is 6.49. The Labute approximate surface area is 109 Å². The van der Waals surface area contributed by atoms with Crippen molar-refractivity contribution in [3.05, 3.63) is 29.6 Å². The SMILES string of the molecule is CCCCOCC(O)CNCc1ncccc1C. The number of unbranched alkanes of at least 4 members (excludes halogenated alkanes) is 1. The van der Waals surface area contributed by atoms with E-state index < -0.39 is 6.10 Å². The first-order valence-electron chi connectivity index (χ1n) is 6.61. The molecule has 0 aromatic carbocycles. The minimum absolute atomic E-state index is 0.397. The largest absolute Gasteiger partial charge is 0.389 e. The minimum Gasteiger partial charge on any atom is -0.389 e. The molecule has 1 aromatic heterocycles. The maximum Gasteiger partial charge on any atom is 0.0897 e. The van der Waals surface area contributed by atoms with Crippen molar-refractivity contribution in [2.45, 2.75) is 39.3 Å². The van der Waals surface area contributed by atoms with E-state index in [1.165, 1.54) is 5.56 Å². The Morgan fingerprint density at radius 1 is 1.50 bits per heavy atom. The summed E-state index contributed by atoms with van der Waals surface area (Å²) in [6.07, 6.45) is 3.50. The van der Waals surface area contributed by atoms with Gasteiger partial charge in [-0.2, -0.15) is 0 Å². The van der Waals surface area contributed by atoms with Crippen LogP contribution < -0.4 is 5.32 Å². The highest BCUT2D eigenvalue weighted by molar-refractivity contribution is 5.17. The van der Waals surface area contributed by atoms with Crippen molar-refractivity contribution in [1.82, 2.24) is 10.3 Å². The molecular formula is C14H24N2O2.